The number of fused-ring (bicyclic) bond motifs is 1. The van der Waals surface area contributed by atoms with E-state index in [1.54, 1.807) is 25.1 Å². The van der Waals surface area contributed by atoms with Crippen LogP contribution in [0.4, 0.5) is 23.7 Å². The van der Waals surface area contributed by atoms with Crippen LogP contribution in [0.25, 0.3) is 10.9 Å². The number of aliphatic hydroxyl groups is 1. The molecule has 1 atom stereocenters. The van der Waals surface area contributed by atoms with E-state index in [0.29, 0.717) is 29.9 Å². The predicted molar refractivity (Wildman–Crippen MR) is 132 cm³/mol. The molecule has 3 aromatic rings. The zero-order valence-corrected chi connectivity index (χ0v) is 19.9. The quantitative estimate of drug-likeness (QED) is 0.541. The fraction of sp³-hybridized carbons (Fsp3) is 0.360. The number of pyridine rings is 1. The number of aromatic nitrogens is 1. The first kappa shape index (κ1) is 26.3. The number of hydrogen-bond donors (Lipinski definition) is 2. The van der Waals surface area contributed by atoms with Crippen molar-refractivity contribution in [2.24, 2.45) is 0 Å². The minimum atomic E-state index is -2.88. The van der Waals surface area contributed by atoms with Crippen molar-refractivity contribution in [2.75, 3.05) is 39.6 Å². The van der Waals surface area contributed by atoms with Gasteiger partial charge in [0.25, 0.3) is 6.43 Å². The molecule has 0 spiro atoms. The number of anilines is 1. The van der Waals surface area contributed by atoms with Gasteiger partial charge < -0.3 is 20.2 Å². The molecule has 0 bridgehead atoms. The lowest BCUT2D eigenvalue weighted by Gasteiger charge is -2.21. The fourth-order valence-electron chi connectivity index (χ4n) is 4.25. The van der Waals surface area contributed by atoms with Crippen LogP contribution in [0.2, 0.25) is 0 Å². The van der Waals surface area contributed by atoms with Gasteiger partial charge in [-0.1, -0.05) is 24.3 Å². The van der Waals surface area contributed by atoms with Gasteiger partial charge in [-0.25, -0.2) is 18.0 Å². The summed E-state index contributed by atoms with van der Waals surface area (Å²) in [5.41, 5.74) is 2.19. The van der Waals surface area contributed by atoms with E-state index in [0.717, 1.165) is 30.5 Å². The average Bonchev–Trinajstić information content (AvgIpc) is 3.33. The Morgan fingerprint density at radius 2 is 2.00 bits per heavy atom. The van der Waals surface area contributed by atoms with Gasteiger partial charge in [0.15, 0.2) is 0 Å². The summed E-state index contributed by atoms with van der Waals surface area (Å²) >= 11 is 0. The summed E-state index contributed by atoms with van der Waals surface area (Å²) in [6, 6.07) is 11.5. The monoisotopic (exact) mass is 484 g/mol. The molecule has 2 amide bonds. The Morgan fingerprint density at radius 3 is 2.69 bits per heavy atom. The number of benzene rings is 2. The van der Waals surface area contributed by atoms with Crippen molar-refractivity contribution >= 4 is 36.1 Å². The fourth-order valence-corrected chi connectivity index (χ4v) is 4.25. The molecule has 1 saturated heterocycles. The van der Waals surface area contributed by atoms with Crippen LogP contribution in [0.1, 0.15) is 35.5 Å². The topological polar surface area (TPSA) is 68.7 Å². The van der Waals surface area contributed by atoms with Crippen molar-refractivity contribution in [1.82, 2.24) is 14.8 Å². The maximum absolute atomic E-state index is 14.5. The highest BCUT2D eigenvalue weighted by Crippen LogP contribution is 2.32. The van der Waals surface area contributed by atoms with Gasteiger partial charge in [-0.05, 0) is 35.8 Å². The number of carbonyl (C=O) groups excluding carboxylic acids is 1. The SMILES string of the molecule is CO.[B]c1cc(NCc2cccc(C(F)F)c2F)c2cc(C3CCN(C(=O)N(C)C)C3)ccc2n1. The van der Waals surface area contributed by atoms with Crippen LogP contribution in [0.5, 0.6) is 0 Å². The number of rotatable bonds is 5. The second-order valence-electron chi connectivity index (χ2n) is 8.45. The normalized spacial score (nSPS) is 15.2. The summed E-state index contributed by atoms with van der Waals surface area (Å²) in [6.07, 6.45) is -2.03. The minimum absolute atomic E-state index is 0.0110. The molecular formula is C25H28BF3N4O2. The molecule has 2 N–H and O–H groups in total. The number of halogens is 3. The summed E-state index contributed by atoms with van der Waals surface area (Å²) in [4.78, 5) is 20.0. The van der Waals surface area contributed by atoms with Crippen molar-refractivity contribution in [1.29, 1.82) is 0 Å². The highest BCUT2D eigenvalue weighted by Gasteiger charge is 2.28. The van der Waals surface area contributed by atoms with Crippen LogP contribution in [-0.2, 0) is 6.54 Å². The molecule has 2 radical (unpaired) electrons. The molecule has 2 aromatic carbocycles. The molecule has 1 aromatic heterocycles. The van der Waals surface area contributed by atoms with Crippen molar-refractivity contribution in [3.63, 3.8) is 0 Å². The molecule has 35 heavy (non-hydrogen) atoms. The van der Waals surface area contributed by atoms with E-state index in [-0.39, 0.29) is 24.1 Å². The Kier molecular flexibility index (Phi) is 8.61. The van der Waals surface area contributed by atoms with Crippen LogP contribution in [-0.4, -0.2) is 68.1 Å². The third kappa shape index (κ3) is 5.87. The number of carbonyl (C=O) groups is 1. The van der Waals surface area contributed by atoms with E-state index >= 15 is 0 Å². The van der Waals surface area contributed by atoms with E-state index in [4.69, 9.17) is 13.0 Å². The van der Waals surface area contributed by atoms with Gasteiger partial charge >= 0.3 is 6.03 Å². The van der Waals surface area contributed by atoms with E-state index in [1.165, 1.54) is 12.1 Å². The van der Waals surface area contributed by atoms with Crippen molar-refractivity contribution in [2.45, 2.75) is 25.3 Å². The molecule has 10 heteroatoms. The molecule has 1 fully saturated rings. The van der Waals surface area contributed by atoms with Crippen molar-refractivity contribution < 1.29 is 23.1 Å². The van der Waals surface area contributed by atoms with E-state index < -0.39 is 17.8 Å². The third-order valence-electron chi connectivity index (χ3n) is 5.98. The Labute approximate surface area is 204 Å². The first-order valence-electron chi connectivity index (χ1n) is 11.1. The Balaban J connectivity index is 0.00000167. The van der Waals surface area contributed by atoms with Gasteiger partial charge in [0, 0.05) is 63.4 Å². The van der Waals surface area contributed by atoms with Gasteiger partial charge in [0.1, 0.15) is 13.7 Å². The Bertz CT molecular complexity index is 1190. The summed E-state index contributed by atoms with van der Waals surface area (Å²) in [7, 11) is 10.4. The first-order chi connectivity index (χ1) is 16.7. The lowest BCUT2D eigenvalue weighted by molar-refractivity contribution is 0.146. The zero-order valence-electron chi connectivity index (χ0n) is 19.9. The maximum Gasteiger partial charge on any atom is 0.319 e. The Morgan fingerprint density at radius 1 is 1.26 bits per heavy atom. The van der Waals surface area contributed by atoms with Crippen LogP contribution in [0.3, 0.4) is 0 Å². The van der Waals surface area contributed by atoms with Crippen molar-refractivity contribution in [3.8, 4) is 0 Å². The molecular weight excluding hydrogens is 456 g/mol. The zero-order chi connectivity index (χ0) is 25.7. The maximum atomic E-state index is 14.5. The number of nitrogens with zero attached hydrogens (tertiary/aromatic N) is 3. The summed E-state index contributed by atoms with van der Waals surface area (Å²) in [5, 5.41) is 10.9. The second-order valence-corrected chi connectivity index (χ2v) is 8.45. The molecule has 4 rings (SSSR count). The van der Waals surface area contributed by atoms with Crippen LogP contribution in [0.15, 0.2) is 42.5 Å². The van der Waals surface area contributed by atoms with Gasteiger partial charge in [-0.3, -0.25) is 4.98 Å². The standard InChI is InChI=1S/C24H24BF3N4O.CH4O/c1-31(2)24(33)32-9-8-16(13-32)14-6-7-19-18(10-14)20(11-21(25)30-19)29-12-15-4-3-5-17(22(15)26)23(27)28;1-2/h3-7,10-11,16,23H,8-9,12-13H2,1-2H3,(H,29,30);2H,1H3. The van der Waals surface area contributed by atoms with Crippen molar-refractivity contribution in [3.05, 3.63) is 65.0 Å². The molecule has 1 unspecified atom stereocenters. The number of aliphatic hydroxyl groups excluding tert-OH is 1. The van der Waals surface area contributed by atoms with Crippen LogP contribution >= 0.6 is 0 Å². The lowest BCUT2D eigenvalue weighted by atomic mass is 9.95. The number of urea groups is 1. The summed E-state index contributed by atoms with van der Waals surface area (Å²) in [5.74, 6) is -0.729. The second kappa shape index (κ2) is 11.4. The Hall–Kier alpha value is -3.27. The lowest BCUT2D eigenvalue weighted by Crippen LogP contribution is -2.37. The molecule has 0 aliphatic carbocycles. The first-order valence-corrected chi connectivity index (χ1v) is 11.1. The van der Waals surface area contributed by atoms with Crippen LogP contribution < -0.4 is 10.9 Å². The minimum Gasteiger partial charge on any atom is -0.400 e. The molecule has 0 saturated carbocycles. The molecule has 184 valence electrons. The molecule has 2 heterocycles. The van der Waals surface area contributed by atoms with Gasteiger partial charge in [-0.15, -0.1) is 0 Å². The number of hydrogen-bond acceptors (Lipinski definition) is 4. The number of alkyl halides is 2. The highest BCUT2D eigenvalue weighted by atomic mass is 19.3. The average molecular weight is 484 g/mol. The number of likely N-dealkylation sites (tertiary alicyclic amines) is 1. The van der Waals surface area contributed by atoms with Crippen LogP contribution in [0, 0.1) is 5.82 Å². The van der Waals surface area contributed by atoms with Gasteiger partial charge in [0.05, 0.1) is 11.1 Å². The summed E-state index contributed by atoms with van der Waals surface area (Å²) in [6.45, 7) is 1.33. The van der Waals surface area contributed by atoms with E-state index in [2.05, 4.69) is 10.3 Å². The molecule has 1 aliphatic heterocycles. The van der Waals surface area contributed by atoms with Gasteiger partial charge in [-0.2, -0.15) is 0 Å². The predicted octanol–water partition coefficient (Wildman–Crippen LogP) is 3.80. The van der Waals surface area contributed by atoms with E-state index in [9.17, 15) is 18.0 Å². The van der Waals surface area contributed by atoms with E-state index in [1.807, 2.05) is 23.1 Å². The number of nitrogens with one attached hydrogen (secondary N) is 1. The largest absolute Gasteiger partial charge is 0.400 e. The molecule has 1 aliphatic rings. The summed E-state index contributed by atoms with van der Waals surface area (Å²) < 4.78 is 40.5. The van der Waals surface area contributed by atoms with Gasteiger partial charge in [0.2, 0.25) is 0 Å². The third-order valence-corrected chi connectivity index (χ3v) is 5.98. The smallest absolute Gasteiger partial charge is 0.319 e. The number of amides is 2. The highest BCUT2D eigenvalue weighted by molar-refractivity contribution is 6.31. The molecule has 6 nitrogen and oxygen atoms in total.